The van der Waals surface area contributed by atoms with E-state index in [9.17, 15) is 14.7 Å². The van der Waals surface area contributed by atoms with E-state index in [2.05, 4.69) is 5.32 Å². The highest BCUT2D eigenvalue weighted by atomic mass is 35.5. The maximum atomic E-state index is 12.9. The lowest BCUT2D eigenvalue weighted by Crippen LogP contribution is -2.29. The number of halogens is 1. The predicted octanol–water partition coefficient (Wildman–Crippen LogP) is 5.82. The predicted molar refractivity (Wildman–Crippen MR) is 119 cm³/mol. The van der Waals surface area contributed by atoms with Gasteiger partial charge in [0, 0.05) is 10.1 Å². The van der Waals surface area contributed by atoms with Crippen LogP contribution in [0.5, 0.6) is 5.75 Å². The number of carboxylic acids is 1. The highest BCUT2D eigenvalue weighted by Crippen LogP contribution is 2.35. The Bertz CT molecular complexity index is 1060. The van der Waals surface area contributed by atoms with Crippen molar-refractivity contribution in [3.05, 3.63) is 64.0 Å². The number of carbonyl (C=O) groups is 2. The first-order chi connectivity index (χ1) is 14.5. The Balaban J connectivity index is 1.52. The maximum Gasteiger partial charge on any atom is 0.305 e. The molecule has 0 aliphatic heterocycles. The molecular formula is C23H22ClNO4S. The van der Waals surface area contributed by atoms with Crippen molar-refractivity contribution in [1.29, 1.82) is 0 Å². The lowest BCUT2D eigenvalue weighted by Gasteiger charge is -2.18. The Morgan fingerprint density at radius 2 is 1.83 bits per heavy atom. The summed E-state index contributed by atoms with van der Waals surface area (Å²) in [6.07, 6.45) is 4.54. The van der Waals surface area contributed by atoms with Gasteiger partial charge >= 0.3 is 5.97 Å². The number of fused-ring (bicyclic) bond motifs is 1. The lowest BCUT2D eigenvalue weighted by molar-refractivity contribution is -0.137. The van der Waals surface area contributed by atoms with E-state index in [0.717, 1.165) is 28.7 Å². The zero-order valence-electron chi connectivity index (χ0n) is 16.3. The summed E-state index contributed by atoms with van der Waals surface area (Å²) in [5.74, 6) is -0.605. The maximum absolute atomic E-state index is 12.9. The van der Waals surface area contributed by atoms with Gasteiger partial charge in [-0.05, 0) is 49.4 Å². The number of hydrogen-bond donors (Lipinski definition) is 2. The molecule has 0 spiro atoms. The average molecular weight is 444 g/mol. The van der Waals surface area contributed by atoms with Crippen molar-refractivity contribution in [2.24, 2.45) is 0 Å². The second kappa shape index (κ2) is 9.06. The summed E-state index contributed by atoms with van der Waals surface area (Å²) < 4.78 is 6.88. The molecule has 1 fully saturated rings. The molecule has 5 nitrogen and oxygen atoms in total. The zero-order valence-corrected chi connectivity index (χ0v) is 17.8. The van der Waals surface area contributed by atoms with Crippen molar-refractivity contribution in [2.45, 2.75) is 44.2 Å². The van der Waals surface area contributed by atoms with Crippen molar-refractivity contribution in [3.63, 3.8) is 0 Å². The quantitative estimate of drug-likeness (QED) is 0.482. The van der Waals surface area contributed by atoms with Gasteiger partial charge in [0.1, 0.15) is 10.6 Å². The van der Waals surface area contributed by atoms with Crippen molar-refractivity contribution in [3.8, 4) is 5.75 Å². The second-order valence-corrected chi connectivity index (χ2v) is 8.89. The van der Waals surface area contributed by atoms with Crippen LogP contribution in [0.25, 0.3) is 10.1 Å². The molecule has 0 radical (unpaired) electrons. The van der Waals surface area contributed by atoms with Gasteiger partial charge in [0.15, 0.2) is 0 Å². The molecule has 4 rings (SSSR count). The monoisotopic (exact) mass is 443 g/mol. The molecule has 7 heteroatoms. The van der Waals surface area contributed by atoms with Gasteiger partial charge in [0.2, 0.25) is 0 Å². The highest BCUT2D eigenvalue weighted by Gasteiger charge is 2.23. The summed E-state index contributed by atoms with van der Waals surface area (Å²) in [6.45, 7) is 0. The van der Waals surface area contributed by atoms with Gasteiger partial charge in [-0.1, -0.05) is 41.9 Å². The Kier molecular flexibility index (Phi) is 6.25. The largest absolute Gasteiger partial charge is 0.490 e. The SMILES string of the molecule is O=C(O)C[C@@H](NC(=O)c1sc2ccccc2c1Cl)c1ccc(OC2CCCC2)cc1. The molecule has 3 aromatic rings. The molecule has 1 amide bonds. The van der Waals surface area contributed by atoms with Gasteiger partial charge < -0.3 is 15.2 Å². The van der Waals surface area contributed by atoms with Crippen molar-refractivity contribution >= 4 is 44.9 Å². The van der Waals surface area contributed by atoms with E-state index in [1.807, 2.05) is 48.5 Å². The molecule has 0 unspecified atom stereocenters. The van der Waals surface area contributed by atoms with E-state index >= 15 is 0 Å². The minimum absolute atomic E-state index is 0.225. The fourth-order valence-corrected chi connectivity index (χ4v) is 5.21. The first kappa shape index (κ1) is 20.7. The fourth-order valence-electron chi connectivity index (χ4n) is 3.79. The Labute approximate surface area is 183 Å². The number of carboxylic acid groups (broad SMARTS) is 1. The van der Waals surface area contributed by atoms with Gasteiger partial charge in [-0.3, -0.25) is 9.59 Å². The van der Waals surface area contributed by atoms with Crippen LogP contribution in [0.3, 0.4) is 0 Å². The third-order valence-electron chi connectivity index (χ3n) is 5.31. The number of amides is 1. The van der Waals surface area contributed by atoms with Crippen molar-refractivity contribution in [1.82, 2.24) is 5.32 Å². The molecule has 1 saturated carbocycles. The Morgan fingerprint density at radius 3 is 2.50 bits per heavy atom. The van der Waals surface area contributed by atoms with Crippen LogP contribution in [-0.2, 0) is 4.79 Å². The van der Waals surface area contributed by atoms with Gasteiger partial charge in [0.25, 0.3) is 5.91 Å². The van der Waals surface area contributed by atoms with E-state index in [0.29, 0.717) is 15.5 Å². The zero-order chi connectivity index (χ0) is 21.1. The van der Waals surface area contributed by atoms with Crippen LogP contribution in [0.2, 0.25) is 5.02 Å². The smallest absolute Gasteiger partial charge is 0.305 e. The topological polar surface area (TPSA) is 75.6 Å². The number of rotatable bonds is 7. The highest BCUT2D eigenvalue weighted by molar-refractivity contribution is 7.21. The molecule has 30 heavy (non-hydrogen) atoms. The van der Waals surface area contributed by atoms with Gasteiger partial charge in [0.05, 0.1) is 23.6 Å². The molecular weight excluding hydrogens is 422 g/mol. The summed E-state index contributed by atoms with van der Waals surface area (Å²) in [5.41, 5.74) is 0.710. The van der Waals surface area contributed by atoms with Crippen LogP contribution in [0.15, 0.2) is 48.5 Å². The Hall–Kier alpha value is -2.57. The van der Waals surface area contributed by atoms with E-state index in [-0.39, 0.29) is 18.4 Å². The van der Waals surface area contributed by atoms with Crippen LogP contribution in [0.4, 0.5) is 0 Å². The third kappa shape index (κ3) is 4.60. The van der Waals surface area contributed by atoms with Crippen LogP contribution in [0, 0.1) is 0 Å². The van der Waals surface area contributed by atoms with Crippen LogP contribution < -0.4 is 10.1 Å². The lowest BCUT2D eigenvalue weighted by atomic mass is 10.0. The molecule has 1 aliphatic rings. The fraction of sp³-hybridized carbons (Fsp3) is 0.304. The number of nitrogens with one attached hydrogen (secondary N) is 1. The van der Waals surface area contributed by atoms with Crippen LogP contribution >= 0.6 is 22.9 Å². The average Bonchev–Trinajstić information content (AvgIpc) is 3.36. The molecule has 2 N–H and O–H groups in total. The molecule has 1 atom stereocenters. The number of thiophene rings is 1. The molecule has 1 aromatic heterocycles. The van der Waals surface area contributed by atoms with Gasteiger partial charge in [-0.15, -0.1) is 11.3 Å². The summed E-state index contributed by atoms with van der Waals surface area (Å²) >= 11 is 7.70. The third-order valence-corrected chi connectivity index (χ3v) is 6.99. The molecule has 1 aliphatic carbocycles. The number of ether oxygens (including phenoxy) is 1. The molecule has 2 aromatic carbocycles. The number of benzene rings is 2. The van der Waals surface area contributed by atoms with E-state index in [1.165, 1.54) is 24.2 Å². The minimum atomic E-state index is -0.992. The van der Waals surface area contributed by atoms with Crippen molar-refractivity contribution < 1.29 is 19.4 Å². The standard InChI is InChI=1S/C23H22ClNO4S/c24-21-17-7-3-4-8-19(17)30-22(21)23(28)25-18(13-20(26)27)14-9-11-16(12-10-14)29-15-5-1-2-6-15/h3-4,7-12,15,18H,1-2,5-6,13H2,(H,25,28)(H,26,27)/t18-/m1/s1. The first-order valence-electron chi connectivity index (χ1n) is 9.97. The Morgan fingerprint density at radius 1 is 1.13 bits per heavy atom. The van der Waals surface area contributed by atoms with E-state index < -0.39 is 12.0 Å². The van der Waals surface area contributed by atoms with Gasteiger partial charge in [-0.2, -0.15) is 0 Å². The summed E-state index contributed by atoms with van der Waals surface area (Å²) in [4.78, 5) is 24.7. The first-order valence-corrected chi connectivity index (χ1v) is 11.2. The number of carbonyl (C=O) groups excluding carboxylic acids is 1. The molecule has 0 bridgehead atoms. The summed E-state index contributed by atoms with van der Waals surface area (Å²) in [5, 5.41) is 13.4. The number of hydrogen-bond acceptors (Lipinski definition) is 4. The second-order valence-electron chi connectivity index (χ2n) is 7.46. The molecule has 156 valence electrons. The molecule has 0 saturated heterocycles. The molecule has 1 heterocycles. The van der Waals surface area contributed by atoms with Crippen molar-refractivity contribution in [2.75, 3.05) is 0 Å². The summed E-state index contributed by atoms with van der Waals surface area (Å²) in [7, 11) is 0. The minimum Gasteiger partial charge on any atom is -0.490 e. The van der Waals surface area contributed by atoms with Gasteiger partial charge in [-0.25, -0.2) is 0 Å². The summed E-state index contributed by atoms with van der Waals surface area (Å²) in [6, 6.07) is 14.1. The normalized spacial score (nSPS) is 15.2. The number of aliphatic carboxylic acids is 1. The van der Waals surface area contributed by atoms with Crippen LogP contribution in [0.1, 0.15) is 53.4 Å². The van der Waals surface area contributed by atoms with E-state index in [1.54, 1.807) is 0 Å². The van der Waals surface area contributed by atoms with Crippen LogP contribution in [-0.4, -0.2) is 23.1 Å². The van der Waals surface area contributed by atoms with E-state index in [4.69, 9.17) is 16.3 Å².